The zero-order chi connectivity index (χ0) is 21.0. The van der Waals surface area contributed by atoms with Crippen LogP contribution in [0.2, 0.25) is 0 Å². The first-order valence-electron chi connectivity index (χ1n) is 13.3. The van der Waals surface area contributed by atoms with Gasteiger partial charge in [-0.2, -0.15) is 0 Å². The highest BCUT2D eigenvalue weighted by molar-refractivity contribution is 5.19. The molecule has 0 N–H and O–H groups in total. The van der Waals surface area contributed by atoms with Crippen LogP contribution >= 0.6 is 0 Å². The van der Waals surface area contributed by atoms with E-state index < -0.39 is 0 Å². The van der Waals surface area contributed by atoms with Crippen molar-refractivity contribution in [2.45, 2.75) is 117 Å². The topological polar surface area (TPSA) is 22.1 Å². The Labute approximate surface area is 186 Å². The summed E-state index contributed by atoms with van der Waals surface area (Å²) in [6, 6.07) is 4.28. The van der Waals surface area contributed by atoms with Gasteiger partial charge in [-0.05, 0) is 55.1 Å². The van der Waals surface area contributed by atoms with E-state index in [0.29, 0.717) is 0 Å². The molecular formula is C28H47NO. The molecule has 0 aliphatic heterocycles. The van der Waals surface area contributed by atoms with Crippen molar-refractivity contribution in [3.8, 4) is 5.75 Å². The van der Waals surface area contributed by atoms with Gasteiger partial charge >= 0.3 is 0 Å². The molecule has 1 aromatic rings. The first-order valence-corrected chi connectivity index (χ1v) is 13.3. The van der Waals surface area contributed by atoms with Crippen molar-refractivity contribution in [3.05, 3.63) is 24.0 Å². The van der Waals surface area contributed by atoms with Gasteiger partial charge in [-0.3, -0.25) is 4.98 Å². The third-order valence-corrected chi connectivity index (χ3v) is 8.12. The molecule has 3 rings (SSSR count). The van der Waals surface area contributed by atoms with Gasteiger partial charge in [0.2, 0.25) is 0 Å². The Morgan fingerprint density at radius 1 is 0.767 bits per heavy atom. The lowest BCUT2D eigenvalue weighted by molar-refractivity contribution is 0.211. The maximum Gasteiger partial charge on any atom is 0.137 e. The molecule has 0 unspecified atom stereocenters. The van der Waals surface area contributed by atoms with E-state index in [9.17, 15) is 0 Å². The molecule has 0 saturated heterocycles. The van der Waals surface area contributed by atoms with Gasteiger partial charge in [0.05, 0.1) is 12.8 Å². The lowest BCUT2D eigenvalue weighted by atomic mass is 9.74. The van der Waals surface area contributed by atoms with Gasteiger partial charge < -0.3 is 4.74 Å². The van der Waals surface area contributed by atoms with E-state index in [4.69, 9.17) is 4.74 Å². The van der Waals surface area contributed by atoms with Crippen LogP contribution < -0.4 is 4.74 Å². The molecule has 170 valence electrons. The quantitative estimate of drug-likeness (QED) is 0.321. The van der Waals surface area contributed by atoms with Gasteiger partial charge in [0, 0.05) is 5.69 Å². The molecule has 0 atom stereocenters. The number of hydrogen-bond donors (Lipinski definition) is 0. The molecule has 0 radical (unpaired) electrons. The monoisotopic (exact) mass is 413 g/mol. The number of hydrogen-bond acceptors (Lipinski definition) is 2. The van der Waals surface area contributed by atoms with Crippen LogP contribution in [0.25, 0.3) is 0 Å². The maximum atomic E-state index is 5.78. The highest BCUT2D eigenvalue weighted by Crippen LogP contribution is 2.38. The zero-order valence-corrected chi connectivity index (χ0v) is 19.9. The first-order chi connectivity index (χ1) is 14.8. The molecule has 30 heavy (non-hydrogen) atoms. The van der Waals surface area contributed by atoms with Crippen molar-refractivity contribution < 1.29 is 4.74 Å². The standard InChI is InChI=1S/C28H47NO/c1-3-5-6-21-30-28-20-19-27(29-22-28)18-17-26-15-13-25(14-16-26)12-11-24-9-7-23(4-2)8-10-24/h19-20,22-26H,3-18,21H2,1-2H3/t23-,24-,25-,26-. The molecule has 2 aliphatic rings. The van der Waals surface area contributed by atoms with Crippen LogP contribution in [0.15, 0.2) is 18.3 Å². The van der Waals surface area contributed by atoms with Crippen LogP contribution in [-0.2, 0) is 6.42 Å². The minimum atomic E-state index is 0.818. The summed E-state index contributed by atoms with van der Waals surface area (Å²) in [5, 5.41) is 0. The summed E-state index contributed by atoms with van der Waals surface area (Å²) in [6.45, 7) is 5.41. The van der Waals surface area contributed by atoms with Crippen LogP contribution in [-0.4, -0.2) is 11.6 Å². The molecule has 2 fully saturated rings. The molecule has 0 aromatic carbocycles. The fraction of sp³-hybridized carbons (Fsp3) is 0.821. The van der Waals surface area contributed by atoms with Crippen molar-refractivity contribution in [3.63, 3.8) is 0 Å². The molecule has 0 spiro atoms. The van der Waals surface area contributed by atoms with E-state index in [1.54, 1.807) is 0 Å². The molecule has 2 nitrogen and oxygen atoms in total. The Morgan fingerprint density at radius 3 is 1.90 bits per heavy atom. The van der Waals surface area contributed by atoms with E-state index >= 15 is 0 Å². The summed E-state index contributed by atoms with van der Waals surface area (Å²) >= 11 is 0. The molecular weight excluding hydrogens is 366 g/mol. The summed E-state index contributed by atoms with van der Waals surface area (Å²) < 4.78 is 5.78. The average Bonchev–Trinajstić information content (AvgIpc) is 2.81. The minimum absolute atomic E-state index is 0.818. The SMILES string of the molecule is CCCCCOc1ccc(CC[C@H]2CC[C@H](CC[C@H]3CC[C@H](CC)CC3)CC2)nc1. The predicted octanol–water partition coefficient (Wildman–Crippen LogP) is 8.39. The average molecular weight is 414 g/mol. The minimum Gasteiger partial charge on any atom is -0.492 e. The number of aryl methyl sites for hydroxylation is 1. The van der Waals surface area contributed by atoms with E-state index in [0.717, 1.165) is 48.9 Å². The molecule has 0 bridgehead atoms. The van der Waals surface area contributed by atoms with Gasteiger partial charge in [0.25, 0.3) is 0 Å². The lowest BCUT2D eigenvalue weighted by Gasteiger charge is -2.31. The van der Waals surface area contributed by atoms with Gasteiger partial charge in [-0.1, -0.05) is 97.3 Å². The van der Waals surface area contributed by atoms with E-state index in [2.05, 4.69) is 31.0 Å². The number of unbranched alkanes of at least 4 members (excludes halogenated alkanes) is 2. The molecule has 2 aliphatic carbocycles. The summed E-state index contributed by atoms with van der Waals surface area (Å²) in [6.07, 6.45) is 24.3. The molecule has 1 heterocycles. The van der Waals surface area contributed by atoms with Gasteiger partial charge in [0.15, 0.2) is 0 Å². The Kier molecular flexibility index (Phi) is 10.5. The third kappa shape index (κ3) is 8.23. The predicted molar refractivity (Wildman–Crippen MR) is 128 cm³/mol. The second kappa shape index (κ2) is 13.4. The second-order valence-electron chi connectivity index (χ2n) is 10.3. The van der Waals surface area contributed by atoms with Gasteiger partial charge in [0.1, 0.15) is 5.75 Å². The molecule has 2 saturated carbocycles. The van der Waals surface area contributed by atoms with Crippen molar-refractivity contribution in [1.82, 2.24) is 4.98 Å². The Bertz CT molecular complexity index is 553. The molecule has 1 aromatic heterocycles. The van der Waals surface area contributed by atoms with Crippen LogP contribution in [0.4, 0.5) is 0 Å². The van der Waals surface area contributed by atoms with Gasteiger partial charge in [-0.25, -0.2) is 0 Å². The first kappa shape index (κ1) is 23.6. The van der Waals surface area contributed by atoms with Crippen molar-refractivity contribution in [2.75, 3.05) is 6.61 Å². The fourth-order valence-electron chi connectivity index (χ4n) is 5.75. The Hall–Kier alpha value is -1.05. The summed E-state index contributed by atoms with van der Waals surface area (Å²) in [4.78, 5) is 4.64. The summed E-state index contributed by atoms with van der Waals surface area (Å²) in [7, 11) is 0. The molecule has 0 amide bonds. The Morgan fingerprint density at radius 2 is 1.37 bits per heavy atom. The largest absolute Gasteiger partial charge is 0.492 e. The van der Waals surface area contributed by atoms with Crippen molar-refractivity contribution in [1.29, 1.82) is 0 Å². The summed E-state index contributed by atoms with van der Waals surface area (Å²) in [5.41, 5.74) is 1.24. The highest BCUT2D eigenvalue weighted by atomic mass is 16.5. The van der Waals surface area contributed by atoms with Crippen LogP contribution in [0.3, 0.4) is 0 Å². The van der Waals surface area contributed by atoms with E-state index in [1.165, 1.54) is 95.6 Å². The fourth-order valence-corrected chi connectivity index (χ4v) is 5.75. The number of nitrogens with zero attached hydrogens (tertiary/aromatic N) is 1. The maximum absolute atomic E-state index is 5.78. The smallest absolute Gasteiger partial charge is 0.137 e. The van der Waals surface area contributed by atoms with Crippen LogP contribution in [0, 0.1) is 23.7 Å². The molecule has 2 heteroatoms. The highest BCUT2D eigenvalue weighted by Gasteiger charge is 2.24. The Balaban J connectivity index is 1.26. The number of ether oxygens (including phenoxy) is 1. The van der Waals surface area contributed by atoms with Gasteiger partial charge in [-0.15, -0.1) is 0 Å². The van der Waals surface area contributed by atoms with Crippen LogP contribution in [0.5, 0.6) is 5.75 Å². The number of pyridine rings is 1. The third-order valence-electron chi connectivity index (χ3n) is 8.12. The van der Waals surface area contributed by atoms with Crippen LogP contribution in [0.1, 0.15) is 116 Å². The summed E-state index contributed by atoms with van der Waals surface area (Å²) in [5.74, 6) is 4.97. The van der Waals surface area contributed by atoms with E-state index in [-0.39, 0.29) is 0 Å². The normalized spacial score (nSPS) is 27.1. The lowest BCUT2D eigenvalue weighted by Crippen LogP contribution is -2.18. The number of aromatic nitrogens is 1. The second-order valence-corrected chi connectivity index (χ2v) is 10.3. The van der Waals surface area contributed by atoms with E-state index in [1.807, 2.05) is 6.20 Å². The van der Waals surface area contributed by atoms with Crippen molar-refractivity contribution in [2.24, 2.45) is 23.7 Å². The van der Waals surface area contributed by atoms with Crippen molar-refractivity contribution >= 4 is 0 Å². The zero-order valence-electron chi connectivity index (χ0n) is 19.9. The number of rotatable bonds is 12.